The van der Waals surface area contributed by atoms with Gasteiger partial charge in [-0.2, -0.15) is 0 Å². The molecule has 0 aromatic heterocycles. The number of nitrogens with one attached hydrogen (secondary N) is 1. The molecule has 8 heteroatoms. The molecule has 1 amide bonds. The van der Waals surface area contributed by atoms with Crippen LogP contribution in [0.25, 0.3) is 0 Å². The summed E-state index contributed by atoms with van der Waals surface area (Å²) < 4.78 is 40.8. The van der Waals surface area contributed by atoms with Crippen LogP contribution in [0.5, 0.6) is 5.75 Å². The molecule has 0 saturated heterocycles. The molecular weight excluding hydrogens is 315 g/mol. The number of para-hydroxylation sites is 1. The quantitative estimate of drug-likeness (QED) is 0.804. The molecular formula is C15H18F3NO4. The lowest BCUT2D eigenvalue weighted by atomic mass is 9.99. The second kappa shape index (κ2) is 7.85. The Hall–Kier alpha value is -2.25. The van der Waals surface area contributed by atoms with Gasteiger partial charge in [-0.05, 0) is 12.0 Å². The van der Waals surface area contributed by atoms with Crippen LogP contribution in [0.2, 0.25) is 0 Å². The third-order valence-corrected chi connectivity index (χ3v) is 3.34. The van der Waals surface area contributed by atoms with E-state index < -0.39 is 36.5 Å². The first kappa shape index (κ1) is 18.8. The van der Waals surface area contributed by atoms with Crippen LogP contribution in [-0.4, -0.2) is 29.4 Å². The highest BCUT2D eigenvalue weighted by molar-refractivity contribution is 5.85. The largest absolute Gasteiger partial charge is 0.573 e. The minimum absolute atomic E-state index is 0.0237. The van der Waals surface area contributed by atoms with Gasteiger partial charge in [-0.3, -0.25) is 4.79 Å². The Morgan fingerprint density at radius 3 is 2.43 bits per heavy atom. The summed E-state index contributed by atoms with van der Waals surface area (Å²) >= 11 is 0. The number of ether oxygens (including phenoxy) is 1. The molecule has 23 heavy (non-hydrogen) atoms. The molecule has 2 N–H and O–H groups in total. The lowest BCUT2D eigenvalue weighted by molar-refractivity contribution is -0.274. The molecule has 2 atom stereocenters. The number of hydrogen-bond acceptors (Lipinski definition) is 3. The number of carbonyl (C=O) groups excluding carboxylic acids is 1. The molecule has 0 aliphatic carbocycles. The monoisotopic (exact) mass is 333 g/mol. The highest BCUT2D eigenvalue weighted by Crippen LogP contribution is 2.26. The van der Waals surface area contributed by atoms with Gasteiger partial charge >= 0.3 is 12.3 Å². The van der Waals surface area contributed by atoms with Crippen LogP contribution in [0.3, 0.4) is 0 Å². The number of hydrogen-bond donors (Lipinski definition) is 2. The van der Waals surface area contributed by atoms with Gasteiger partial charge < -0.3 is 15.2 Å². The average molecular weight is 333 g/mol. The predicted molar refractivity (Wildman–Crippen MR) is 75.9 cm³/mol. The first-order chi connectivity index (χ1) is 10.6. The zero-order chi connectivity index (χ0) is 17.6. The van der Waals surface area contributed by atoms with Gasteiger partial charge in [0.2, 0.25) is 5.91 Å². The Morgan fingerprint density at radius 1 is 1.30 bits per heavy atom. The molecule has 0 unspecified atom stereocenters. The van der Waals surface area contributed by atoms with Crippen LogP contribution in [0, 0.1) is 5.92 Å². The van der Waals surface area contributed by atoms with Gasteiger partial charge in [-0.25, -0.2) is 4.79 Å². The Bertz CT molecular complexity index is 560. The van der Waals surface area contributed by atoms with E-state index in [-0.39, 0.29) is 11.5 Å². The Balaban J connectivity index is 2.83. The first-order valence-corrected chi connectivity index (χ1v) is 6.99. The normalized spacial score (nSPS) is 14.0. The zero-order valence-corrected chi connectivity index (χ0v) is 12.7. The molecule has 0 fully saturated rings. The van der Waals surface area contributed by atoms with Gasteiger partial charge in [0.1, 0.15) is 11.8 Å². The third-order valence-electron chi connectivity index (χ3n) is 3.34. The molecule has 0 spiro atoms. The van der Waals surface area contributed by atoms with Gasteiger partial charge in [0.25, 0.3) is 0 Å². The van der Waals surface area contributed by atoms with E-state index >= 15 is 0 Å². The fourth-order valence-corrected chi connectivity index (χ4v) is 1.95. The van der Waals surface area contributed by atoms with E-state index in [1.165, 1.54) is 18.2 Å². The fraction of sp³-hybridized carbons (Fsp3) is 0.467. The zero-order valence-electron chi connectivity index (χ0n) is 12.7. The molecule has 0 saturated carbocycles. The van der Waals surface area contributed by atoms with Gasteiger partial charge in [0.15, 0.2) is 0 Å². The molecule has 0 aliphatic heterocycles. The van der Waals surface area contributed by atoms with Crippen molar-refractivity contribution in [1.29, 1.82) is 0 Å². The van der Waals surface area contributed by atoms with E-state index in [4.69, 9.17) is 5.11 Å². The van der Waals surface area contributed by atoms with Crippen molar-refractivity contribution in [1.82, 2.24) is 5.32 Å². The van der Waals surface area contributed by atoms with Crippen molar-refractivity contribution in [3.8, 4) is 5.75 Å². The lowest BCUT2D eigenvalue weighted by Gasteiger charge is -2.20. The number of alkyl halides is 3. The standard InChI is InChI=1S/C15H18F3NO4/c1-3-9(2)13(14(21)22)19-12(20)8-10-6-4-5-7-11(10)23-15(16,17)18/h4-7,9,13H,3,8H2,1-2H3,(H,19,20)(H,21,22)/t9-,13+/m0/s1. The third kappa shape index (κ3) is 6.17. The Kier molecular flexibility index (Phi) is 6.41. The van der Waals surface area contributed by atoms with Crippen LogP contribution in [0.4, 0.5) is 13.2 Å². The van der Waals surface area contributed by atoms with E-state index in [2.05, 4.69) is 10.1 Å². The van der Waals surface area contributed by atoms with Crippen LogP contribution in [0.1, 0.15) is 25.8 Å². The number of rotatable bonds is 7. The number of carboxylic acids is 1. The molecule has 1 aromatic rings. The van der Waals surface area contributed by atoms with Crippen molar-refractivity contribution >= 4 is 11.9 Å². The van der Waals surface area contributed by atoms with Crippen molar-refractivity contribution in [3.05, 3.63) is 29.8 Å². The summed E-state index contributed by atoms with van der Waals surface area (Å²) in [6.45, 7) is 3.44. The van der Waals surface area contributed by atoms with Crippen LogP contribution >= 0.6 is 0 Å². The van der Waals surface area contributed by atoms with Crippen molar-refractivity contribution < 1.29 is 32.6 Å². The number of halogens is 3. The highest BCUT2D eigenvalue weighted by atomic mass is 19.4. The number of carboxylic acid groups (broad SMARTS) is 1. The Morgan fingerprint density at radius 2 is 1.91 bits per heavy atom. The second-order valence-corrected chi connectivity index (χ2v) is 5.10. The van der Waals surface area contributed by atoms with Crippen LogP contribution in [0.15, 0.2) is 24.3 Å². The first-order valence-electron chi connectivity index (χ1n) is 6.99. The summed E-state index contributed by atoms with van der Waals surface area (Å²) in [4.78, 5) is 23.1. The second-order valence-electron chi connectivity index (χ2n) is 5.10. The topological polar surface area (TPSA) is 75.6 Å². The summed E-state index contributed by atoms with van der Waals surface area (Å²) in [7, 11) is 0. The van der Waals surface area contributed by atoms with Crippen molar-refractivity contribution in [2.75, 3.05) is 0 Å². The molecule has 0 bridgehead atoms. The van der Waals surface area contributed by atoms with E-state index in [1.807, 2.05) is 0 Å². The molecule has 1 rings (SSSR count). The maximum atomic E-state index is 12.3. The molecule has 0 radical (unpaired) electrons. The SMILES string of the molecule is CC[C@H](C)[C@@H](NC(=O)Cc1ccccc1OC(F)(F)F)C(=O)O. The van der Waals surface area contributed by atoms with Crippen LogP contribution < -0.4 is 10.1 Å². The molecule has 128 valence electrons. The van der Waals surface area contributed by atoms with Gasteiger partial charge in [0.05, 0.1) is 6.42 Å². The van der Waals surface area contributed by atoms with Crippen LogP contribution in [-0.2, 0) is 16.0 Å². The van der Waals surface area contributed by atoms with Gasteiger partial charge in [-0.15, -0.1) is 13.2 Å². The molecule has 0 heterocycles. The van der Waals surface area contributed by atoms with Crippen molar-refractivity contribution in [3.63, 3.8) is 0 Å². The van der Waals surface area contributed by atoms with E-state index in [0.29, 0.717) is 6.42 Å². The smallest absolute Gasteiger partial charge is 0.480 e. The van der Waals surface area contributed by atoms with E-state index in [9.17, 15) is 22.8 Å². The van der Waals surface area contributed by atoms with Gasteiger partial charge in [0, 0.05) is 5.56 Å². The predicted octanol–water partition coefficient (Wildman–Crippen LogP) is 2.74. The highest BCUT2D eigenvalue weighted by Gasteiger charge is 2.32. The summed E-state index contributed by atoms with van der Waals surface area (Å²) in [5.74, 6) is -2.66. The Labute approximate surface area is 131 Å². The number of carbonyl (C=O) groups is 2. The average Bonchev–Trinajstić information content (AvgIpc) is 2.44. The van der Waals surface area contributed by atoms with E-state index in [1.54, 1.807) is 13.8 Å². The fourth-order valence-electron chi connectivity index (χ4n) is 1.95. The number of amides is 1. The summed E-state index contributed by atoms with van der Waals surface area (Å²) in [5.41, 5.74) is 0.0237. The number of aliphatic carboxylic acids is 1. The molecule has 5 nitrogen and oxygen atoms in total. The molecule has 1 aromatic carbocycles. The summed E-state index contributed by atoms with van der Waals surface area (Å²) in [6.07, 6.45) is -4.75. The summed E-state index contributed by atoms with van der Waals surface area (Å²) in [6, 6.07) is 4.14. The summed E-state index contributed by atoms with van der Waals surface area (Å²) in [5, 5.41) is 11.4. The maximum Gasteiger partial charge on any atom is 0.573 e. The maximum absolute atomic E-state index is 12.3. The minimum atomic E-state index is -4.87. The van der Waals surface area contributed by atoms with Crippen molar-refractivity contribution in [2.45, 2.75) is 39.1 Å². The molecule has 0 aliphatic rings. The van der Waals surface area contributed by atoms with E-state index in [0.717, 1.165) is 6.07 Å². The van der Waals surface area contributed by atoms with Gasteiger partial charge in [-0.1, -0.05) is 38.5 Å². The lowest BCUT2D eigenvalue weighted by Crippen LogP contribution is -2.45. The van der Waals surface area contributed by atoms with Crippen molar-refractivity contribution in [2.24, 2.45) is 5.92 Å². The number of benzene rings is 1. The minimum Gasteiger partial charge on any atom is -0.480 e.